The van der Waals surface area contributed by atoms with Gasteiger partial charge in [-0.1, -0.05) is 6.08 Å². The quantitative estimate of drug-likeness (QED) is 0.352. The molecule has 146 valence electrons. The van der Waals surface area contributed by atoms with Gasteiger partial charge in [0.05, 0.1) is 38.4 Å². The van der Waals surface area contributed by atoms with Gasteiger partial charge in [0.1, 0.15) is 17.5 Å². The molecule has 1 N–H and O–H groups in total. The minimum Gasteiger partial charge on any atom is -1.00 e. The fourth-order valence-electron chi connectivity index (χ4n) is 2.28. The van der Waals surface area contributed by atoms with Crippen LogP contribution < -0.4 is 21.7 Å². The largest absolute Gasteiger partial charge is 2.00 e. The number of ether oxygens (including phenoxy) is 3. The maximum absolute atomic E-state index is 14.3. The molecular formula is C18H19BrFMgN3O4. The molecule has 0 aromatic carbocycles. The summed E-state index contributed by atoms with van der Waals surface area (Å²) in [6, 6.07) is 1.42. The van der Waals surface area contributed by atoms with E-state index in [0.717, 1.165) is 6.20 Å². The molecule has 2 aromatic heterocycles. The van der Waals surface area contributed by atoms with E-state index in [9.17, 15) is 9.50 Å². The Morgan fingerprint density at radius 2 is 1.96 bits per heavy atom. The summed E-state index contributed by atoms with van der Waals surface area (Å²) in [7, 11) is 1.43. The van der Waals surface area contributed by atoms with E-state index < -0.39 is 18.2 Å². The number of aliphatic hydroxyl groups excluding tert-OH is 1. The molecule has 0 amide bonds. The minimum absolute atomic E-state index is 0. The first-order chi connectivity index (χ1) is 12.6. The Labute approximate surface area is 189 Å². The third-order valence-corrected chi connectivity index (χ3v) is 3.48. The van der Waals surface area contributed by atoms with E-state index in [1.165, 1.54) is 25.4 Å². The second kappa shape index (κ2) is 12.9. The molecule has 1 unspecified atom stereocenters. The van der Waals surface area contributed by atoms with Crippen LogP contribution in [0.3, 0.4) is 0 Å². The standard InChI is InChI=1S/C16H16FN3O4.C2H3.BrH.Mg/c1-3-12(21)11-8-19-14(15(20-11)16-23-4-5-24-16)9-6-13(22-2)18-7-10(9)17;1-2;;/h3,6-8,12,16,21H,1,4-5H2,2H3;1H,2H2;1H;/q;-1;;+2/p-1. The van der Waals surface area contributed by atoms with E-state index in [-0.39, 0.29) is 68.6 Å². The van der Waals surface area contributed by atoms with Gasteiger partial charge in [0.25, 0.3) is 0 Å². The van der Waals surface area contributed by atoms with E-state index in [1.54, 1.807) is 0 Å². The summed E-state index contributed by atoms with van der Waals surface area (Å²) in [6.45, 7) is 11.3. The molecule has 0 aliphatic carbocycles. The second-order valence-electron chi connectivity index (χ2n) is 4.99. The van der Waals surface area contributed by atoms with Crippen LogP contribution in [0, 0.1) is 12.4 Å². The molecule has 0 spiro atoms. The number of halogens is 2. The van der Waals surface area contributed by atoms with Crippen LogP contribution in [0.25, 0.3) is 11.3 Å². The number of rotatable bonds is 5. The number of hydrogen-bond acceptors (Lipinski definition) is 7. The van der Waals surface area contributed by atoms with Gasteiger partial charge in [-0.2, -0.15) is 0 Å². The summed E-state index contributed by atoms with van der Waals surface area (Å²) in [5.74, 6) is -0.344. The number of aromatic nitrogens is 3. The summed E-state index contributed by atoms with van der Waals surface area (Å²) < 4.78 is 30.2. The molecule has 3 rings (SSSR count). The van der Waals surface area contributed by atoms with E-state index in [0.29, 0.717) is 13.2 Å². The molecule has 28 heavy (non-hydrogen) atoms. The molecule has 1 aliphatic rings. The third kappa shape index (κ3) is 6.03. The van der Waals surface area contributed by atoms with Gasteiger partial charge in [0.15, 0.2) is 5.82 Å². The number of pyridine rings is 1. The van der Waals surface area contributed by atoms with Gasteiger partial charge in [-0.25, -0.2) is 14.4 Å². The Morgan fingerprint density at radius 1 is 1.32 bits per heavy atom. The first kappa shape index (κ1) is 26.6. The molecule has 0 bridgehead atoms. The number of methoxy groups -OCH3 is 1. The molecule has 1 aliphatic heterocycles. The van der Waals surface area contributed by atoms with Crippen LogP contribution in [0.2, 0.25) is 0 Å². The summed E-state index contributed by atoms with van der Waals surface area (Å²) >= 11 is 0. The van der Waals surface area contributed by atoms with Gasteiger partial charge in [-0.3, -0.25) is 11.6 Å². The van der Waals surface area contributed by atoms with Gasteiger partial charge >= 0.3 is 23.1 Å². The Balaban J connectivity index is 0.00000177. The molecule has 2 aromatic rings. The Hall–Kier alpha value is -1.43. The van der Waals surface area contributed by atoms with E-state index in [1.807, 2.05) is 0 Å². The van der Waals surface area contributed by atoms with Gasteiger partial charge in [-0.05, 0) is 0 Å². The summed E-state index contributed by atoms with van der Waals surface area (Å²) in [6.07, 6.45) is 1.93. The Morgan fingerprint density at radius 3 is 2.54 bits per heavy atom. The molecule has 7 nitrogen and oxygen atoms in total. The minimum atomic E-state index is -0.997. The van der Waals surface area contributed by atoms with Crippen molar-refractivity contribution in [1.29, 1.82) is 0 Å². The Bertz CT molecular complexity index is 778. The number of aliphatic hydroxyl groups is 1. The van der Waals surface area contributed by atoms with Crippen molar-refractivity contribution in [2.24, 2.45) is 0 Å². The van der Waals surface area contributed by atoms with Gasteiger partial charge in [0.2, 0.25) is 12.2 Å². The first-order valence-corrected chi connectivity index (χ1v) is 7.65. The van der Waals surface area contributed by atoms with Crippen LogP contribution in [-0.4, -0.2) is 63.4 Å². The average molecular weight is 465 g/mol. The van der Waals surface area contributed by atoms with E-state index >= 15 is 0 Å². The van der Waals surface area contributed by atoms with Crippen molar-refractivity contribution in [1.82, 2.24) is 15.0 Å². The molecule has 0 saturated carbocycles. The first-order valence-electron chi connectivity index (χ1n) is 7.65. The van der Waals surface area contributed by atoms with Crippen molar-refractivity contribution in [3.63, 3.8) is 0 Å². The molecule has 10 heteroatoms. The zero-order valence-electron chi connectivity index (χ0n) is 15.3. The van der Waals surface area contributed by atoms with Crippen molar-refractivity contribution < 1.29 is 40.7 Å². The van der Waals surface area contributed by atoms with E-state index in [4.69, 9.17) is 14.2 Å². The molecule has 0 radical (unpaired) electrons. The maximum atomic E-state index is 14.3. The van der Waals surface area contributed by atoms with Crippen molar-refractivity contribution in [2.45, 2.75) is 12.4 Å². The van der Waals surface area contributed by atoms with Crippen molar-refractivity contribution in [3.05, 3.63) is 61.5 Å². The zero-order chi connectivity index (χ0) is 19.1. The normalized spacial score (nSPS) is 14.0. The predicted molar refractivity (Wildman–Crippen MR) is 97.3 cm³/mol. The van der Waals surface area contributed by atoms with Crippen LogP contribution in [0.4, 0.5) is 4.39 Å². The van der Waals surface area contributed by atoms with Crippen LogP contribution in [0.1, 0.15) is 23.8 Å². The van der Waals surface area contributed by atoms with Crippen LogP contribution in [-0.2, 0) is 9.47 Å². The van der Waals surface area contributed by atoms with Gasteiger partial charge in [0, 0.05) is 11.6 Å². The van der Waals surface area contributed by atoms with Crippen molar-refractivity contribution in [3.8, 4) is 17.1 Å². The SMILES string of the molecule is C=CC(O)c1cnc(-c2cc(OC)ncc2F)c(C2OCCO2)n1.[Br-].[CH-]=C.[Mg+2]. The predicted octanol–water partition coefficient (Wildman–Crippen LogP) is -0.820. The second-order valence-corrected chi connectivity index (χ2v) is 4.99. The molecule has 3 heterocycles. The van der Waals surface area contributed by atoms with Crippen LogP contribution in [0.15, 0.2) is 37.7 Å². The number of hydrogen-bond donors (Lipinski definition) is 1. The van der Waals surface area contributed by atoms with Gasteiger partial charge < -0.3 is 42.9 Å². The van der Waals surface area contributed by atoms with Crippen molar-refractivity contribution in [2.75, 3.05) is 20.3 Å². The smallest absolute Gasteiger partial charge is 1.00 e. The fraction of sp³-hybridized carbons (Fsp3) is 0.278. The summed E-state index contributed by atoms with van der Waals surface area (Å²) in [4.78, 5) is 12.4. The zero-order valence-corrected chi connectivity index (χ0v) is 18.3. The topological polar surface area (TPSA) is 86.6 Å². The van der Waals surface area contributed by atoms with E-state index in [2.05, 4.69) is 34.7 Å². The van der Waals surface area contributed by atoms with Crippen molar-refractivity contribution >= 4 is 23.1 Å². The summed E-state index contributed by atoms with van der Waals surface area (Å²) in [5, 5.41) is 9.89. The number of nitrogens with zero attached hydrogens (tertiary/aromatic N) is 3. The van der Waals surface area contributed by atoms with Gasteiger partial charge in [-0.15, -0.1) is 6.58 Å². The van der Waals surface area contributed by atoms with Crippen LogP contribution in [0.5, 0.6) is 5.88 Å². The molecule has 1 fully saturated rings. The monoisotopic (exact) mass is 463 g/mol. The Kier molecular flexibility index (Phi) is 12.3. The average Bonchev–Trinajstić information content (AvgIpc) is 3.23. The molecule has 1 saturated heterocycles. The molecular weight excluding hydrogens is 445 g/mol. The maximum Gasteiger partial charge on any atom is 2.00 e. The fourth-order valence-corrected chi connectivity index (χ4v) is 2.28. The molecule has 1 atom stereocenters. The summed E-state index contributed by atoms with van der Waals surface area (Å²) in [5.41, 5.74) is 0.936. The van der Waals surface area contributed by atoms with Crippen LogP contribution >= 0.6 is 0 Å². The third-order valence-electron chi connectivity index (χ3n) is 3.48.